The lowest BCUT2D eigenvalue weighted by Gasteiger charge is -2.14. The third-order valence-electron chi connectivity index (χ3n) is 3.57. The number of anilines is 1. The van der Waals surface area contributed by atoms with Crippen LogP contribution in [0.15, 0.2) is 53.0 Å². The van der Waals surface area contributed by atoms with E-state index < -0.39 is 30.5 Å². The van der Waals surface area contributed by atoms with Crippen molar-refractivity contribution in [2.45, 2.75) is 13.0 Å². The maximum Gasteiger partial charge on any atom is 0.347 e. The van der Waals surface area contributed by atoms with E-state index in [0.717, 1.165) is 0 Å². The number of nitrogens with zero attached hydrogens (tertiary/aromatic N) is 1. The summed E-state index contributed by atoms with van der Waals surface area (Å²) < 4.78 is 11.0. The van der Waals surface area contributed by atoms with Gasteiger partial charge in [0.05, 0.1) is 23.9 Å². The van der Waals surface area contributed by atoms with Gasteiger partial charge >= 0.3 is 5.97 Å². The topological polar surface area (TPSA) is 118 Å². The lowest BCUT2D eigenvalue weighted by molar-refractivity contribution is -0.154. The zero-order chi connectivity index (χ0) is 21.2. The van der Waals surface area contributed by atoms with Crippen molar-refractivity contribution in [3.63, 3.8) is 0 Å². The predicted molar refractivity (Wildman–Crippen MR) is 108 cm³/mol. The number of benzene rings is 2. The van der Waals surface area contributed by atoms with Crippen LogP contribution in [0.25, 0.3) is 0 Å². The molecule has 0 saturated heterocycles. The normalized spacial score (nSPS) is 10.9. The molecule has 1 unspecified atom stereocenters. The van der Waals surface area contributed by atoms with E-state index >= 15 is 0 Å². The molecule has 0 spiro atoms. The number of carbonyl (C=O) groups excluding carboxylic acids is 3. The van der Waals surface area contributed by atoms with E-state index in [1.54, 1.807) is 42.5 Å². The summed E-state index contributed by atoms with van der Waals surface area (Å²) in [6, 6.07) is 15.2. The van der Waals surface area contributed by atoms with E-state index in [9.17, 15) is 14.4 Å². The number of rotatable bonds is 8. The average Bonchev–Trinajstić information content (AvgIpc) is 2.72. The van der Waals surface area contributed by atoms with Crippen molar-refractivity contribution in [2.75, 3.05) is 18.5 Å². The first-order chi connectivity index (χ1) is 13.9. The van der Waals surface area contributed by atoms with Gasteiger partial charge in [0, 0.05) is 4.47 Å². The van der Waals surface area contributed by atoms with Gasteiger partial charge in [0.2, 0.25) is 5.91 Å². The molecule has 0 aromatic heterocycles. The van der Waals surface area contributed by atoms with Gasteiger partial charge in [0.1, 0.15) is 5.75 Å². The first-order valence-corrected chi connectivity index (χ1v) is 9.33. The summed E-state index contributed by atoms with van der Waals surface area (Å²) in [5.74, 6) is -1.39. The molecule has 1 atom stereocenters. The minimum atomic E-state index is -0.950. The standard InChI is InChI=1S/C20H18BrN3O5/c1-13(29-15-8-6-14(10-22)7-9-15)20(27)28-12-19(26)23-11-18(25)24-17-5-3-2-4-16(17)21/h2-9,13H,11-12H2,1H3,(H,23,26)(H,24,25). The zero-order valence-electron chi connectivity index (χ0n) is 15.5. The number of para-hydroxylation sites is 1. The molecular weight excluding hydrogens is 442 g/mol. The highest BCUT2D eigenvalue weighted by atomic mass is 79.9. The van der Waals surface area contributed by atoms with Crippen molar-refractivity contribution in [2.24, 2.45) is 0 Å². The van der Waals surface area contributed by atoms with E-state index in [1.165, 1.54) is 6.92 Å². The molecule has 150 valence electrons. The van der Waals surface area contributed by atoms with Gasteiger partial charge in [-0.15, -0.1) is 0 Å². The molecule has 0 aliphatic heterocycles. The Labute approximate surface area is 175 Å². The van der Waals surface area contributed by atoms with Crippen LogP contribution in [0.2, 0.25) is 0 Å². The molecule has 2 aromatic rings. The largest absolute Gasteiger partial charge is 0.479 e. The molecule has 29 heavy (non-hydrogen) atoms. The first kappa shape index (κ1) is 21.9. The molecule has 2 amide bonds. The molecule has 9 heteroatoms. The Morgan fingerprint density at radius 3 is 2.45 bits per heavy atom. The monoisotopic (exact) mass is 459 g/mol. The summed E-state index contributed by atoms with van der Waals surface area (Å²) in [7, 11) is 0. The lowest BCUT2D eigenvalue weighted by atomic mass is 10.2. The fourth-order valence-corrected chi connectivity index (χ4v) is 2.49. The highest BCUT2D eigenvalue weighted by Gasteiger charge is 2.18. The van der Waals surface area contributed by atoms with Crippen molar-refractivity contribution in [1.29, 1.82) is 5.26 Å². The molecule has 0 radical (unpaired) electrons. The second-order valence-corrected chi connectivity index (χ2v) is 6.66. The maximum atomic E-state index is 11.9. The van der Waals surface area contributed by atoms with Crippen LogP contribution in [-0.2, 0) is 19.1 Å². The third-order valence-corrected chi connectivity index (χ3v) is 4.26. The predicted octanol–water partition coefficient (Wildman–Crippen LogP) is 2.39. The van der Waals surface area contributed by atoms with E-state index in [2.05, 4.69) is 26.6 Å². The van der Waals surface area contributed by atoms with Crippen LogP contribution in [-0.4, -0.2) is 37.0 Å². The number of carbonyl (C=O) groups is 3. The number of halogens is 1. The van der Waals surface area contributed by atoms with Crippen LogP contribution in [0.5, 0.6) is 5.75 Å². The fourth-order valence-electron chi connectivity index (χ4n) is 2.10. The third kappa shape index (κ3) is 7.27. The first-order valence-electron chi connectivity index (χ1n) is 8.53. The average molecular weight is 460 g/mol. The van der Waals surface area contributed by atoms with Crippen molar-refractivity contribution in [1.82, 2.24) is 5.32 Å². The molecule has 0 bridgehead atoms. The quantitative estimate of drug-likeness (QED) is 0.585. The molecule has 2 aromatic carbocycles. The Kier molecular flexibility index (Phi) is 8.18. The van der Waals surface area contributed by atoms with E-state index in [1.807, 2.05) is 12.1 Å². The van der Waals surface area contributed by atoms with Crippen molar-refractivity contribution >= 4 is 39.4 Å². The van der Waals surface area contributed by atoms with Gasteiger partial charge in [-0.25, -0.2) is 4.79 Å². The smallest absolute Gasteiger partial charge is 0.347 e. The zero-order valence-corrected chi connectivity index (χ0v) is 17.1. The number of hydrogen-bond acceptors (Lipinski definition) is 6. The van der Waals surface area contributed by atoms with Crippen molar-refractivity contribution in [3.05, 3.63) is 58.6 Å². The van der Waals surface area contributed by atoms with Crippen LogP contribution in [0.4, 0.5) is 5.69 Å². The van der Waals surface area contributed by atoms with Gasteiger partial charge in [-0.1, -0.05) is 12.1 Å². The second kappa shape index (κ2) is 10.8. The number of amides is 2. The van der Waals surface area contributed by atoms with E-state index in [0.29, 0.717) is 21.5 Å². The van der Waals surface area contributed by atoms with E-state index in [4.69, 9.17) is 14.7 Å². The summed E-state index contributed by atoms with van der Waals surface area (Å²) >= 11 is 3.30. The van der Waals surface area contributed by atoms with Crippen LogP contribution < -0.4 is 15.4 Å². The van der Waals surface area contributed by atoms with Crippen LogP contribution in [0.3, 0.4) is 0 Å². The number of nitriles is 1. The second-order valence-electron chi connectivity index (χ2n) is 5.81. The Morgan fingerprint density at radius 2 is 1.79 bits per heavy atom. The van der Waals surface area contributed by atoms with Gasteiger partial charge < -0.3 is 20.1 Å². The molecule has 0 fully saturated rings. The molecule has 8 nitrogen and oxygen atoms in total. The molecular formula is C20H18BrN3O5. The SMILES string of the molecule is CC(Oc1ccc(C#N)cc1)C(=O)OCC(=O)NCC(=O)Nc1ccccc1Br. The number of esters is 1. The number of ether oxygens (including phenoxy) is 2. The number of nitrogens with one attached hydrogen (secondary N) is 2. The van der Waals surface area contributed by atoms with Gasteiger partial charge in [-0.2, -0.15) is 5.26 Å². The van der Waals surface area contributed by atoms with Crippen LogP contribution in [0, 0.1) is 11.3 Å². The van der Waals surface area contributed by atoms with Crippen LogP contribution >= 0.6 is 15.9 Å². The van der Waals surface area contributed by atoms with Gasteiger partial charge in [0.25, 0.3) is 5.91 Å². The summed E-state index contributed by atoms with van der Waals surface area (Å²) in [4.78, 5) is 35.6. The van der Waals surface area contributed by atoms with E-state index in [-0.39, 0.29) is 6.54 Å². The van der Waals surface area contributed by atoms with Crippen LogP contribution in [0.1, 0.15) is 12.5 Å². The molecule has 2 N–H and O–H groups in total. The molecule has 0 aliphatic carbocycles. The Bertz CT molecular complexity index is 924. The summed E-state index contributed by atoms with van der Waals surface area (Å²) in [6.07, 6.45) is -0.950. The van der Waals surface area contributed by atoms with Gasteiger partial charge in [0.15, 0.2) is 12.7 Å². The fraction of sp³-hybridized carbons (Fsp3) is 0.200. The molecule has 2 rings (SSSR count). The van der Waals surface area contributed by atoms with Gasteiger partial charge in [-0.3, -0.25) is 9.59 Å². The summed E-state index contributed by atoms with van der Waals surface area (Å²) in [5, 5.41) is 13.8. The summed E-state index contributed by atoms with van der Waals surface area (Å²) in [5.41, 5.74) is 1.04. The highest BCUT2D eigenvalue weighted by Crippen LogP contribution is 2.20. The molecule has 0 saturated carbocycles. The molecule has 0 aliphatic rings. The Morgan fingerprint density at radius 1 is 1.10 bits per heavy atom. The minimum absolute atomic E-state index is 0.269. The molecule has 0 heterocycles. The Hall–Kier alpha value is -3.38. The maximum absolute atomic E-state index is 11.9. The highest BCUT2D eigenvalue weighted by molar-refractivity contribution is 9.10. The minimum Gasteiger partial charge on any atom is -0.479 e. The Balaban J connectivity index is 1.70. The number of hydrogen-bond donors (Lipinski definition) is 2. The van der Waals surface area contributed by atoms with Crippen molar-refractivity contribution in [3.8, 4) is 11.8 Å². The summed E-state index contributed by atoms with van der Waals surface area (Å²) in [6.45, 7) is 0.667. The van der Waals surface area contributed by atoms with Gasteiger partial charge in [-0.05, 0) is 59.3 Å². The van der Waals surface area contributed by atoms with Crippen molar-refractivity contribution < 1.29 is 23.9 Å². The lowest BCUT2D eigenvalue weighted by Crippen LogP contribution is -2.37.